The van der Waals surface area contributed by atoms with Gasteiger partial charge >= 0.3 is 0 Å². The molecule has 0 saturated heterocycles. The third-order valence-corrected chi connectivity index (χ3v) is 1.59. The number of alkyl halides is 1. The summed E-state index contributed by atoms with van der Waals surface area (Å²) < 4.78 is 0. The molecule has 2 atom stereocenters. The maximum absolute atomic E-state index is 4.04. The van der Waals surface area contributed by atoms with Crippen molar-refractivity contribution in [2.24, 2.45) is 4.99 Å². The van der Waals surface area contributed by atoms with Gasteiger partial charge in [0.15, 0.2) is 0 Å². The van der Waals surface area contributed by atoms with Crippen LogP contribution in [0.25, 0.3) is 0 Å². The molecule has 0 amide bonds. The number of hydrogen-bond donors (Lipinski definition) is 1. The quantitative estimate of drug-likeness (QED) is 0.329. The minimum Gasteiger partial charge on any atom is -0.356 e. The second kappa shape index (κ2) is 2.10. The highest BCUT2D eigenvalue weighted by Crippen LogP contribution is 2.04. The highest BCUT2D eigenvalue weighted by Gasteiger charge is 2.07. The first-order valence-electron chi connectivity index (χ1n) is 1.99. The first-order chi connectivity index (χ1) is 3.29. The van der Waals surface area contributed by atoms with E-state index in [4.69, 9.17) is 0 Å². The van der Waals surface area contributed by atoms with Crippen LogP contribution >= 0.6 is 25.2 Å². The van der Waals surface area contributed by atoms with E-state index >= 15 is 0 Å². The van der Waals surface area contributed by atoms with E-state index in [1.165, 1.54) is 0 Å². The van der Waals surface area contributed by atoms with E-state index in [0.717, 1.165) is 12.1 Å². The third kappa shape index (κ3) is 1.39. The third-order valence-electron chi connectivity index (χ3n) is 0.726. The molecule has 0 fully saturated rings. The summed E-state index contributed by atoms with van der Waals surface area (Å²) in [6, 6.07) is 0. The molecule has 0 saturated carbocycles. The van der Waals surface area contributed by atoms with Crippen LogP contribution in [0.15, 0.2) is 4.99 Å². The van der Waals surface area contributed by atoms with Crippen molar-refractivity contribution < 1.29 is 0 Å². The zero-order valence-electron chi connectivity index (χ0n) is 3.69. The van der Waals surface area contributed by atoms with Crippen molar-refractivity contribution >= 4 is 30.7 Å². The molecule has 0 aliphatic carbocycles. The van der Waals surface area contributed by atoms with Gasteiger partial charge in [-0.3, -0.25) is 4.99 Å². The van der Waals surface area contributed by atoms with Crippen LogP contribution in [-0.4, -0.2) is 17.1 Å². The van der Waals surface area contributed by atoms with E-state index in [0.29, 0.717) is 4.95 Å². The Labute approximate surface area is 53.1 Å². The van der Waals surface area contributed by atoms with Gasteiger partial charge in [-0.1, -0.05) is 25.2 Å². The topological polar surface area (TPSA) is 24.4 Å². The minimum atomic E-state index is 0.361. The van der Waals surface area contributed by atoms with Gasteiger partial charge in [-0.25, -0.2) is 0 Å². The Morgan fingerprint density at radius 1 is 2.00 bits per heavy atom. The molecular formula is C3H6BrN2P. The number of aliphatic imine (C=N–C) groups is 1. The van der Waals surface area contributed by atoms with Crippen molar-refractivity contribution in [1.82, 2.24) is 5.32 Å². The number of rotatable bonds is 0. The average molecular weight is 181 g/mol. The van der Waals surface area contributed by atoms with Gasteiger partial charge in [0.05, 0.1) is 6.54 Å². The highest BCUT2D eigenvalue weighted by molar-refractivity contribution is 9.09. The van der Waals surface area contributed by atoms with Gasteiger partial charge in [0.25, 0.3) is 0 Å². The molecule has 0 aromatic rings. The average Bonchev–Trinajstić information content (AvgIpc) is 1.87. The van der Waals surface area contributed by atoms with E-state index in [1.54, 1.807) is 0 Å². The second-order valence-corrected chi connectivity index (χ2v) is 2.99. The number of nitrogens with zero attached hydrogens (tertiary/aromatic N) is 1. The normalized spacial score (nSPS) is 29.4. The summed E-state index contributed by atoms with van der Waals surface area (Å²) in [7, 11) is 2.51. The predicted molar refractivity (Wildman–Crippen MR) is 37.9 cm³/mol. The zero-order chi connectivity index (χ0) is 5.28. The van der Waals surface area contributed by atoms with E-state index in [-0.39, 0.29) is 0 Å². The van der Waals surface area contributed by atoms with Crippen LogP contribution in [0.5, 0.6) is 0 Å². The molecule has 1 rings (SSSR count). The van der Waals surface area contributed by atoms with E-state index in [2.05, 4.69) is 35.5 Å². The number of nitrogens with one attached hydrogen (secondary N) is 1. The Morgan fingerprint density at radius 3 is 2.86 bits per heavy atom. The lowest BCUT2D eigenvalue weighted by Gasteiger charge is -1.96. The first-order valence-corrected chi connectivity index (χ1v) is 3.49. The molecular weight excluding hydrogens is 175 g/mol. The molecule has 0 aromatic heterocycles. The van der Waals surface area contributed by atoms with Gasteiger partial charge in [-0.05, 0) is 0 Å². The maximum atomic E-state index is 4.04. The number of amidine groups is 1. The minimum absolute atomic E-state index is 0.361. The fourth-order valence-corrected chi connectivity index (χ4v) is 1.36. The van der Waals surface area contributed by atoms with Gasteiger partial charge < -0.3 is 5.32 Å². The summed E-state index contributed by atoms with van der Waals surface area (Å²) >= 11 is 3.34. The Bertz CT molecular complexity index is 103. The van der Waals surface area contributed by atoms with Crippen molar-refractivity contribution in [3.8, 4) is 0 Å². The largest absolute Gasteiger partial charge is 0.356 e. The van der Waals surface area contributed by atoms with E-state index in [9.17, 15) is 0 Å². The van der Waals surface area contributed by atoms with Gasteiger partial charge in [0, 0.05) is 0 Å². The molecule has 0 radical (unpaired) electrons. The Hall–Kier alpha value is 0.380. The van der Waals surface area contributed by atoms with Gasteiger partial charge in [0.1, 0.15) is 10.5 Å². The SMILES string of the molecule is PC1=NCC(Br)N1. The summed E-state index contributed by atoms with van der Waals surface area (Å²) in [5, 5.41) is 3.05. The summed E-state index contributed by atoms with van der Waals surface area (Å²) in [4.78, 5) is 4.40. The van der Waals surface area contributed by atoms with Crippen LogP contribution in [0.1, 0.15) is 0 Å². The van der Waals surface area contributed by atoms with Crippen LogP contribution in [0.4, 0.5) is 0 Å². The summed E-state index contributed by atoms with van der Waals surface area (Å²) in [5.41, 5.74) is 0.946. The first kappa shape index (κ1) is 5.52. The molecule has 1 heterocycles. The Balaban J connectivity index is 2.42. The molecule has 2 unspecified atom stereocenters. The molecule has 0 aromatic carbocycles. The lowest BCUT2D eigenvalue weighted by molar-refractivity contribution is 0.911. The molecule has 0 spiro atoms. The molecule has 2 nitrogen and oxygen atoms in total. The molecule has 40 valence electrons. The maximum Gasteiger partial charge on any atom is 0.114 e. The van der Waals surface area contributed by atoms with Crippen molar-refractivity contribution in [3.05, 3.63) is 0 Å². The van der Waals surface area contributed by atoms with Crippen LogP contribution in [0.2, 0.25) is 0 Å². The summed E-state index contributed by atoms with van der Waals surface area (Å²) in [6.07, 6.45) is 0. The van der Waals surface area contributed by atoms with Crippen molar-refractivity contribution in [3.63, 3.8) is 0 Å². The Kier molecular flexibility index (Phi) is 1.65. The molecule has 1 N–H and O–H groups in total. The fraction of sp³-hybridized carbons (Fsp3) is 0.667. The van der Waals surface area contributed by atoms with Gasteiger partial charge in [-0.15, -0.1) is 0 Å². The van der Waals surface area contributed by atoms with Gasteiger partial charge in [0.2, 0.25) is 0 Å². The van der Waals surface area contributed by atoms with Crippen molar-refractivity contribution in [1.29, 1.82) is 0 Å². The number of halogens is 1. The summed E-state index contributed by atoms with van der Waals surface area (Å²) in [5.74, 6) is 0. The number of hydrogen-bond acceptors (Lipinski definition) is 2. The van der Waals surface area contributed by atoms with Crippen LogP contribution < -0.4 is 5.32 Å². The van der Waals surface area contributed by atoms with Crippen molar-refractivity contribution in [2.45, 2.75) is 4.95 Å². The van der Waals surface area contributed by atoms with Crippen LogP contribution in [-0.2, 0) is 0 Å². The molecule has 1 aliphatic heterocycles. The van der Waals surface area contributed by atoms with E-state index in [1.807, 2.05) is 0 Å². The van der Waals surface area contributed by atoms with Gasteiger partial charge in [-0.2, -0.15) is 0 Å². The van der Waals surface area contributed by atoms with Crippen LogP contribution in [0.3, 0.4) is 0 Å². The monoisotopic (exact) mass is 180 g/mol. The zero-order valence-corrected chi connectivity index (χ0v) is 6.43. The fourth-order valence-electron chi connectivity index (χ4n) is 0.430. The van der Waals surface area contributed by atoms with Crippen LogP contribution in [0, 0.1) is 0 Å². The molecule has 1 aliphatic rings. The molecule has 4 heteroatoms. The molecule has 7 heavy (non-hydrogen) atoms. The second-order valence-electron chi connectivity index (χ2n) is 1.34. The van der Waals surface area contributed by atoms with Crippen molar-refractivity contribution in [2.75, 3.05) is 6.54 Å². The lowest BCUT2D eigenvalue weighted by Crippen LogP contribution is -2.20. The summed E-state index contributed by atoms with van der Waals surface area (Å²) in [6.45, 7) is 0.846. The molecule has 0 bridgehead atoms. The van der Waals surface area contributed by atoms with E-state index < -0.39 is 0 Å². The smallest absolute Gasteiger partial charge is 0.114 e. The highest BCUT2D eigenvalue weighted by atomic mass is 79.9. The lowest BCUT2D eigenvalue weighted by atomic mass is 10.7. The Morgan fingerprint density at radius 2 is 2.71 bits per heavy atom. The standard InChI is InChI=1S/C3H6BrN2P/c4-2-1-5-3(7)6-2/h2H,1,7H2,(H,5,6). The predicted octanol–water partition coefficient (Wildman–Crippen LogP) is 0.542.